The van der Waals surface area contributed by atoms with Gasteiger partial charge in [-0.15, -0.1) is 0 Å². The molecule has 0 aromatic carbocycles. The summed E-state index contributed by atoms with van der Waals surface area (Å²) in [5, 5.41) is 4.70. The summed E-state index contributed by atoms with van der Waals surface area (Å²) in [5.41, 5.74) is 2.27. The molecule has 0 aliphatic heterocycles. The van der Waals surface area contributed by atoms with Crippen LogP contribution in [0, 0.1) is 0 Å². The lowest BCUT2D eigenvalue weighted by molar-refractivity contribution is 0.787. The Kier molecular flexibility index (Phi) is 3.44. The van der Waals surface area contributed by atoms with E-state index in [4.69, 9.17) is 0 Å². The number of aryl methyl sites for hydroxylation is 1. The third-order valence-corrected chi connectivity index (χ3v) is 2.85. The molecule has 0 aliphatic carbocycles. The molecule has 0 atom stereocenters. The maximum atomic E-state index is 4.42. The standard InChI is InChI=1S/C13H19N3/c1-3-5-8-14-12-6-9-15-13-11(12)7-10-16(13)4-2/h6-7,9-10H,3-5,8H2,1-2H3,(H,14,15). The predicted octanol–water partition coefficient (Wildman–Crippen LogP) is 3.27. The topological polar surface area (TPSA) is 29.9 Å². The molecule has 2 aromatic rings. The number of nitrogens with zero attached hydrogens (tertiary/aromatic N) is 2. The average molecular weight is 217 g/mol. The van der Waals surface area contributed by atoms with E-state index in [-0.39, 0.29) is 0 Å². The van der Waals surface area contributed by atoms with Crippen LogP contribution in [-0.2, 0) is 6.54 Å². The molecule has 0 amide bonds. The highest BCUT2D eigenvalue weighted by molar-refractivity contribution is 5.89. The van der Waals surface area contributed by atoms with Crippen LogP contribution in [0.15, 0.2) is 24.5 Å². The number of aromatic nitrogens is 2. The molecule has 2 rings (SSSR count). The van der Waals surface area contributed by atoms with Crippen molar-refractivity contribution in [3.63, 3.8) is 0 Å². The van der Waals surface area contributed by atoms with Gasteiger partial charge in [0.1, 0.15) is 5.65 Å². The van der Waals surface area contributed by atoms with Crippen molar-refractivity contribution in [1.29, 1.82) is 0 Å². The SMILES string of the molecule is CCCCNc1ccnc2c1ccn2CC. The zero-order valence-corrected chi connectivity index (χ0v) is 10.0. The maximum Gasteiger partial charge on any atom is 0.141 e. The van der Waals surface area contributed by atoms with Gasteiger partial charge in [-0.2, -0.15) is 0 Å². The van der Waals surface area contributed by atoms with Crippen molar-refractivity contribution in [2.75, 3.05) is 11.9 Å². The van der Waals surface area contributed by atoms with Gasteiger partial charge in [0, 0.05) is 36.6 Å². The molecule has 86 valence electrons. The minimum Gasteiger partial charge on any atom is -0.384 e. The van der Waals surface area contributed by atoms with Gasteiger partial charge in [0.2, 0.25) is 0 Å². The van der Waals surface area contributed by atoms with Gasteiger partial charge < -0.3 is 9.88 Å². The van der Waals surface area contributed by atoms with E-state index >= 15 is 0 Å². The summed E-state index contributed by atoms with van der Waals surface area (Å²) in [6.07, 6.45) is 6.40. The lowest BCUT2D eigenvalue weighted by Gasteiger charge is -2.07. The Morgan fingerprint density at radius 2 is 2.19 bits per heavy atom. The maximum absolute atomic E-state index is 4.42. The van der Waals surface area contributed by atoms with Gasteiger partial charge in [0.05, 0.1) is 0 Å². The zero-order valence-electron chi connectivity index (χ0n) is 10.0. The first kappa shape index (κ1) is 11.0. The fraction of sp³-hybridized carbons (Fsp3) is 0.462. The summed E-state index contributed by atoms with van der Waals surface area (Å²) in [6.45, 7) is 6.34. The highest BCUT2D eigenvalue weighted by Crippen LogP contribution is 2.22. The summed E-state index contributed by atoms with van der Waals surface area (Å²) in [4.78, 5) is 4.42. The molecule has 2 aromatic heterocycles. The van der Waals surface area contributed by atoms with E-state index in [9.17, 15) is 0 Å². The van der Waals surface area contributed by atoms with Crippen molar-refractivity contribution in [3.05, 3.63) is 24.5 Å². The molecule has 0 bridgehead atoms. The van der Waals surface area contributed by atoms with Gasteiger partial charge in [0.25, 0.3) is 0 Å². The van der Waals surface area contributed by atoms with Crippen molar-refractivity contribution in [2.24, 2.45) is 0 Å². The van der Waals surface area contributed by atoms with E-state index in [0.717, 1.165) is 18.7 Å². The summed E-state index contributed by atoms with van der Waals surface area (Å²) in [7, 11) is 0. The first-order valence-electron chi connectivity index (χ1n) is 6.04. The molecular weight excluding hydrogens is 198 g/mol. The molecular formula is C13H19N3. The molecule has 16 heavy (non-hydrogen) atoms. The number of fused-ring (bicyclic) bond motifs is 1. The van der Waals surface area contributed by atoms with Gasteiger partial charge in [-0.1, -0.05) is 13.3 Å². The Balaban J connectivity index is 2.28. The molecule has 0 aliphatic rings. The molecule has 2 heterocycles. The van der Waals surface area contributed by atoms with Gasteiger partial charge in [-0.3, -0.25) is 0 Å². The molecule has 1 N–H and O–H groups in total. The number of nitrogens with one attached hydrogen (secondary N) is 1. The number of rotatable bonds is 5. The molecule has 0 saturated carbocycles. The largest absolute Gasteiger partial charge is 0.384 e. The number of unbranched alkanes of at least 4 members (excludes halogenated alkanes) is 1. The van der Waals surface area contributed by atoms with E-state index in [2.05, 4.69) is 47.0 Å². The van der Waals surface area contributed by atoms with Crippen LogP contribution >= 0.6 is 0 Å². The van der Waals surface area contributed by atoms with Crippen LogP contribution in [0.3, 0.4) is 0 Å². The van der Waals surface area contributed by atoms with Crippen molar-refractivity contribution in [1.82, 2.24) is 9.55 Å². The van der Waals surface area contributed by atoms with Crippen LogP contribution in [0.1, 0.15) is 26.7 Å². The zero-order chi connectivity index (χ0) is 11.4. The normalized spacial score (nSPS) is 10.9. The Morgan fingerprint density at radius 1 is 1.31 bits per heavy atom. The second-order valence-corrected chi connectivity index (χ2v) is 3.98. The average Bonchev–Trinajstić information content (AvgIpc) is 2.73. The summed E-state index contributed by atoms with van der Waals surface area (Å²) in [6, 6.07) is 4.19. The monoisotopic (exact) mass is 217 g/mol. The highest BCUT2D eigenvalue weighted by atomic mass is 15.0. The first-order valence-corrected chi connectivity index (χ1v) is 6.04. The molecule has 3 nitrogen and oxygen atoms in total. The summed E-state index contributed by atoms with van der Waals surface area (Å²) < 4.78 is 2.17. The van der Waals surface area contributed by atoms with Crippen LogP contribution in [-0.4, -0.2) is 16.1 Å². The fourth-order valence-electron chi connectivity index (χ4n) is 1.90. The minimum absolute atomic E-state index is 0.967. The van der Waals surface area contributed by atoms with Gasteiger partial charge in [0.15, 0.2) is 0 Å². The van der Waals surface area contributed by atoms with E-state index in [1.807, 2.05) is 6.20 Å². The van der Waals surface area contributed by atoms with E-state index in [0.29, 0.717) is 0 Å². The van der Waals surface area contributed by atoms with Crippen molar-refractivity contribution < 1.29 is 0 Å². The van der Waals surface area contributed by atoms with E-state index in [1.54, 1.807) is 0 Å². The second kappa shape index (κ2) is 5.01. The van der Waals surface area contributed by atoms with E-state index in [1.165, 1.54) is 23.9 Å². The van der Waals surface area contributed by atoms with Gasteiger partial charge in [-0.25, -0.2) is 4.98 Å². The predicted molar refractivity (Wildman–Crippen MR) is 68.8 cm³/mol. The van der Waals surface area contributed by atoms with Crippen molar-refractivity contribution in [3.8, 4) is 0 Å². The van der Waals surface area contributed by atoms with Crippen molar-refractivity contribution in [2.45, 2.75) is 33.2 Å². The third kappa shape index (κ3) is 2.03. The molecule has 0 fully saturated rings. The Bertz CT molecular complexity index is 459. The summed E-state index contributed by atoms with van der Waals surface area (Å²) >= 11 is 0. The van der Waals surface area contributed by atoms with Crippen LogP contribution in [0.25, 0.3) is 11.0 Å². The minimum atomic E-state index is 0.967. The lowest BCUT2D eigenvalue weighted by Crippen LogP contribution is -2.02. The second-order valence-electron chi connectivity index (χ2n) is 3.98. The van der Waals surface area contributed by atoms with Crippen LogP contribution in [0.4, 0.5) is 5.69 Å². The van der Waals surface area contributed by atoms with Crippen molar-refractivity contribution >= 4 is 16.7 Å². The number of anilines is 1. The number of pyridine rings is 1. The quantitative estimate of drug-likeness (QED) is 0.779. The summed E-state index contributed by atoms with van der Waals surface area (Å²) in [5.74, 6) is 0. The van der Waals surface area contributed by atoms with Gasteiger partial charge >= 0.3 is 0 Å². The van der Waals surface area contributed by atoms with Crippen LogP contribution in [0.5, 0.6) is 0 Å². The molecule has 3 heteroatoms. The molecule has 0 radical (unpaired) electrons. The lowest BCUT2D eigenvalue weighted by atomic mass is 10.2. The molecule has 0 unspecified atom stereocenters. The number of hydrogen-bond donors (Lipinski definition) is 1. The molecule has 0 spiro atoms. The Morgan fingerprint density at radius 3 is 2.94 bits per heavy atom. The Labute approximate surface area is 96.5 Å². The first-order chi connectivity index (χ1) is 7.86. The van der Waals surface area contributed by atoms with Crippen LogP contribution < -0.4 is 5.32 Å². The third-order valence-electron chi connectivity index (χ3n) is 2.85. The molecule has 0 saturated heterocycles. The van der Waals surface area contributed by atoms with Crippen LogP contribution in [0.2, 0.25) is 0 Å². The smallest absolute Gasteiger partial charge is 0.141 e. The Hall–Kier alpha value is -1.51. The van der Waals surface area contributed by atoms with E-state index < -0.39 is 0 Å². The number of hydrogen-bond acceptors (Lipinski definition) is 2. The van der Waals surface area contributed by atoms with Gasteiger partial charge in [-0.05, 0) is 25.5 Å². The highest BCUT2D eigenvalue weighted by Gasteiger charge is 2.04. The fourth-order valence-corrected chi connectivity index (χ4v) is 1.90.